The SMILES string of the molecule is N#Cc1cccc(COc2cccc(NC(=O)CC3C=CCC3)c2)c1. The highest BCUT2D eigenvalue weighted by Gasteiger charge is 2.14. The van der Waals surface area contributed by atoms with Gasteiger partial charge in [0.15, 0.2) is 0 Å². The van der Waals surface area contributed by atoms with Gasteiger partial charge in [-0.15, -0.1) is 0 Å². The van der Waals surface area contributed by atoms with Gasteiger partial charge < -0.3 is 10.1 Å². The highest BCUT2D eigenvalue weighted by molar-refractivity contribution is 5.91. The third-order valence-corrected chi connectivity index (χ3v) is 4.14. The van der Waals surface area contributed by atoms with Crippen LogP contribution in [0.15, 0.2) is 60.7 Å². The van der Waals surface area contributed by atoms with Gasteiger partial charge in [0.05, 0.1) is 11.6 Å². The number of hydrogen-bond acceptors (Lipinski definition) is 3. The number of nitrogens with zero attached hydrogens (tertiary/aromatic N) is 1. The quantitative estimate of drug-likeness (QED) is 0.796. The highest BCUT2D eigenvalue weighted by Crippen LogP contribution is 2.22. The molecule has 0 saturated heterocycles. The molecule has 1 atom stereocenters. The van der Waals surface area contributed by atoms with E-state index in [9.17, 15) is 4.79 Å². The summed E-state index contributed by atoms with van der Waals surface area (Å²) in [6.45, 7) is 0.375. The normalized spacial score (nSPS) is 15.6. The van der Waals surface area contributed by atoms with E-state index in [0.29, 0.717) is 30.3 Å². The van der Waals surface area contributed by atoms with Crippen LogP contribution in [0.3, 0.4) is 0 Å². The molecule has 0 heterocycles. The molecule has 4 nitrogen and oxygen atoms in total. The summed E-state index contributed by atoms with van der Waals surface area (Å²) in [5.74, 6) is 1.06. The summed E-state index contributed by atoms with van der Waals surface area (Å²) in [4.78, 5) is 12.1. The predicted octanol–water partition coefficient (Wildman–Crippen LogP) is 4.43. The predicted molar refractivity (Wildman–Crippen MR) is 97.0 cm³/mol. The fourth-order valence-electron chi connectivity index (χ4n) is 2.88. The van der Waals surface area contributed by atoms with E-state index in [1.165, 1.54) is 0 Å². The standard InChI is InChI=1S/C21H20N2O2/c22-14-17-7-3-8-18(11-17)15-25-20-10-4-9-19(13-20)23-21(24)12-16-5-1-2-6-16/h1,3-5,7-11,13,16H,2,6,12,15H2,(H,23,24). The Morgan fingerprint density at radius 2 is 2.12 bits per heavy atom. The maximum Gasteiger partial charge on any atom is 0.224 e. The zero-order chi connectivity index (χ0) is 17.5. The molecule has 0 spiro atoms. The lowest BCUT2D eigenvalue weighted by molar-refractivity contribution is -0.116. The maximum atomic E-state index is 12.1. The molecular formula is C21H20N2O2. The Balaban J connectivity index is 1.56. The molecule has 0 aromatic heterocycles. The lowest BCUT2D eigenvalue weighted by atomic mass is 10.1. The number of benzene rings is 2. The number of allylic oxidation sites excluding steroid dienone is 2. The number of hydrogen-bond donors (Lipinski definition) is 1. The Hall–Kier alpha value is -3.06. The van der Waals surface area contributed by atoms with Crippen molar-refractivity contribution in [2.75, 3.05) is 5.32 Å². The van der Waals surface area contributed by atoms with Crippen LogP contribution in [0, 0.1) is 17.2 Å². The number of anilines is 1. The fourth-order valence-corrected chi connectivity index (χ4v) is 2.88. The van der Waals surface area contributed by atoms with Gasteiger partial charge in [-0.1, -0.05) is 30.4 Å². The topological polar surface area (TPSA) is 62.1 Å². The van der Waals surface area contributed by atoms with Crippen LogP contribution >= 0.6 is 0 Å². The van der Waals surface area contributed by atoms with E-state index < -0.39 is 0 Å². The monoisotopic (exact) mass is 332 g/mol. The van der Waals surface area contributed by atoms with Crippen LogP contribution in [0.25, 0.3) is 0 Å². The first-order chi connectivity index (χ1) is 12.2. The van der Waals surface area contributed by atoms with Gasteiger partial charge in [-0.3, -0.25) is 4.79 Å². The van der Waals surface area contributed by atoms with Crippen LogP contribution in [0.2, 0.25) is 0 Å². The Morgan fingerprint density at radius 3 is 2.92 bits per heavy atom. The van der Waals surface area contributed by atoms with E-state index in [2.05, 4.69) is 23.5 Å². The summed E-state index contributed by atoms with van der Waals surface area (Å²) < 4.78 is 5.78. The van der Waals surface area contributed by atoms with Gasteiger partial charge in [0.1, 0.15) is 12.4 Å². The number of rotatable bonds is 6. The zero-order valence-electron chi connectivity index (χ0n) is 13.9. The Labute approximate surface area is 147 Å². The molecule has 126 valence electrons. The van der Waals surface area contributed by atoms with Crippen LogP contribution in [0.5, 0.6) is 5.75 Å². The molecule has 0 radical (unpaired) electrons. The zero-order valence-corrected chi connectivity index (χ0v) is 13.9. The minimum atomic E-state index is 0.0235. The first kappa shape index (κ1) is 16.8. The second-order valence-electron chi connectivity index (χ2n) is 6.15. The molecule has 3 rings (SSSR count). The number of nitriles is 1. The van der Waals surface area contributed by atoms with Gasteiger partial charge in [-0.05, 0) is 48.6 Å². The van der Waals surface area contributed by atoms with Crippen LogP contribution < -0.4 is 10.1 Å². The average molecular weight is 332 g/mol. The van der Waals surface area contributed by atoms with Crippen LogP contribution in [-0.2, 0) is 11.4 Å². The average Bonchev–Trinajstić information content (AvgIpc) is 3.13. The van der Waals surface area contributed by atoms with E-state index in [4.69, 9.17) is 10.00 Å². The molecule has 1 aliphatic carbocycles. The van der Waals surface area contributed by atoms with Gasteiger partial charge in [-0.2, -0.15) is 5.26 Å². The van der Waals surface area contributed by atoms with Gasteiger partial charge >= 0.3 is 0 Å². The van der Waals surface area contributed by atoms with Crippen molar-refractivity contribution >= 4 is 11.6 Å². The number of carbonyl (C=O) groups excluding carboxylic acids is 1. The number of ether oxygens (including phenoxy) is 1. The summed E-state index contributed by atoms with van der Waals surface area (Å²) in [5, 5.41) is 11.9. The van der Waals surface area contributed by atoms with Crippen molar-refractivity contribution in [2.24, 2.45) is 5.92 Å². The first-order valence-electron chi connectivity index (χ1n) is 8.41. The summed E-state index contributed by atoms with van der Waals surface area (Å²) in [6, 6.07) is 16.8. The summed E-state index contributed by atoms with van der Waals surface area (Å²) >= 11 is 0. The highest BCUT2D eigenvalue weighted by atomic mass is 16.5. The Morgan fingerprint density at radius 1 is 1.24 bits per heavy atom. The summed E-state index contributed by atoms with van der Waals surface area (Å²) in [5.41, 5.74) is 2.28. The van der Waals surface area contributed by atoms with Crippen LogP contribution in [-0.4, -0.2) is 5.91 Å². The van der Waals surface area contributed by atoms with Crippen LogP contribution in [0.4, 0.5) is 5.69 Å². The number of nitrogens with one attached hydrogen (secondary N) is 1. The minimum absolute atomic E-state index is 0.0235. The molecule has 4 heteroatoms. The minimum Gasteiger partial charge on any atom is -0.489 e. The Bertz CT molecular complexity index is 821. The molecular weight excluding hydrogens is 312 g/mol. The second-order valence-corrected chi connectivity index (χ2v) is 6.15. The molecule has 0 saturated carbocycles. The molecule has 1 N–H and O–H groups in total. The molecule has 0 fully saturated rings. The van der Waals surface area contributed by atoms with Gasteiger partial charge in [-0.25, -0.2) is 0 Å². The molecule has 1 amide bonds. The van der Waals surface area contributed by atoms with Gasteiger partial charge in [0.25, 0.3) is 0 Å². The van der Waals surface area contributed by atoms with E-state index in [1.807, 2.05) is 36.4 Å². The van der Waals surface area contributed by atoms with Crippen molar-refractivity contribution in [3.05, 3.63) is 71.8 Å². The lowest BCUT2D eigenvalue weighted by Crippen LogP contribution is -2.14. The van der Waals surface area contributed by atoms with Crippen molar-refractivity contribution in [1.29, 1.82) is 5.26 Å². The van der Waals surface area contributed by atoms with E-state index in [-0.39, 0.29) is 5.91 Å². The first-order valence-corrected chi connectivity index (χ1v) is 8.41. The Kier molecular flexibility index (Phi) is 5.48. The number of carbonyl (C=O) groups is 1. The van der Waals surface area contributed by atoms with Gasteiger partial charge in [0.2, 0.25) is 5.91 Å². The summed E-state index contributed by atoms with van der Waals surface area (Å²) in [7, 11) is 0. The van der Waals surface area contributed by atoms with Crippen molar-refractivity contribution in [1.82, 2.24) is 0 Å². The molecule has 2 aromatic carbocycles. The van der Waals surface area contributed by atoms with Crippen molar-refractivity contribution < 1.29 is 9.53 Å². The van der Waals surface area contributed by atoms with Crippen molar-refractivity contribution in [2.45, 2.75) is 25.9 Å². The van der Waals surface area contributed by atoms with E-state index >= 15 is 0 Å². The van der Waals surface area contributed by atoms with Crippen molar-refractivity contribution in [3.63, 3.8) is 0 Å². The van der Waals surface area contributed by atoms with Crippen LogP contribution in [0.1, 0.15) is 30.4 Å². The van der Waals surface area contributed by atoms with E-state index in [1.54, 1.807) is 12.1 Å². The second kappa shape index (κ2) is 8.16. The maximum absolute atomic E-state index is 12.1. The summed E-state index contributed by atoms with van der Waals surface area (Å²) in [6.07, 6.45) is 6.89. The molecule has 2 aromatic rings. The molecule has 1 unspecified atom stereocenters. The molecule has 0 bridgehead atoms. The van der Waals surface area contributed by atoms with E-state index in [0.717, 1.165) is 24.1 Å². The smallest absolute Gasteiger partial charge is 0.224 e. The fraction of sp³-hybridized carbons (Fsp3) is 0.238. The molecule has 1 aliphatic rings. The lowest BCUT2D eigenvalue weighted by Gasteiger charge is -2.11. The molecule has 0 aliphatic heterocycles. The molecule has 25 heavy (non-hydrogen) atoms. The third-order valence-electron chi connectivity index (χ3n) is 4.14. The van der Waals surface area contributed by atoms with Gasteiger partial charge in [0, 0.05) is 18.2 Å². The number of amides is 1. The largest absolute Gasteiger partial charge is 0.489 e. The third kappa shape index (κ3) is 4.95. The van der Waals surface area contributed by atoms with Crippen molar-refractivity contribution in [3.8, 4) is 11.8 Å².